The van der Waals surface area contributed by atoms with Crippen molar-refractivity contribution < 1.29 is 0 Å². The van der Waals surface area contributed by atoms with Crippen LogP contribution in [0.25, 0.3) is 0 Å². The van der Waals surface area contributed by atoms with E-state index in [9.17, 15) is 0 Å². The number of hydrogen-bond acceptors (Lipinski definition) is 0. The Morgan fingerprint density at radius 3 is 2.20 bits per heavy atom. The third-order valence-corrected chi connectivity index (χ3v) is 19.8. The fourth-order valence-corrected chi connectivity index (χ4v) is 17.8. The molecule has 1 aliphatic heterocycles. The van der Waals surface area contributed by atoms with Gasteiger partial charge in [-0.3, -0.25) is 0 Å². The molecule has 7 unspecified atom stereocenters. The summed E-state index contributed by atoms with van der Waals surface area (Å²) in [6, 6.07) is 0. The van der Waals surface area contributed by atoms with E-state index >= 15 is 0 Å². The van der Waals surface area contributed by atoms with Gasteiger partial charge in [0.1, 0.15) is 0 Å². The molecule has 0 aromatic rings. The van der Waals surface area contributed by atoms with Crippen LogP contribution in [0.3, 0.4) is 0 Å². The average Bonchev–Trinajstić information content (AvgIpc) is 3.19. The van der Waals surface area contributed by atoms with Gasteiger partial charge in [-0.05, 0) is 5.92 Å². The van der Waals surface area contributed by atoms with Gasteiger partial charge in [0.2, 0.25) is 0 Å². The Morgan fingerprint density at radius 2 is 1.49 bits per heavy atom. The molecule has 1 heteroatoms. The van der Waals surface area contributed by atoms with Crippen molar-refractivity contribution in [1.29, 1.82) is 0 Å². The first kappa shape index (κ1) is 39.5. The number of hydrogen-bond donors (Lipinski definition) is 0. The molecular weight excluding hydrogens is 607 g/mol. The number of unbranched alkanes of at least 4 members (excludes halogenated alkanes) is 2. The second-order valence-electron chi connectivity index (χ2n) is 14.5. The summed E-state index contributed by atoms with van der Waals surface area (Å²) in [6.07, 6.45) is 34.9. The van der Waals surface area contributed by atoms with Crippen molar-refractivity contribution in [3.63, 3.8) is 0 Å². The fraction of sp³-hybridized carbons (Fsp3) is 0.950. The van der Waals surface area contributed by atoms with E-state index in [-0.39, 0.29) is 0 Å². The number of rotatable bonds is 13. The van der Waals surface area contributed by atoms with E-state index in [0.29, 0.717) is 0 Å². The molecule has 0 bridgehead atoms. The first-order valence-corrected chi connectivity index (χ1v) is 23.2. The quantitative estimate of drug-likeness (QED) is 0.0783. The molecule has 1 heterocycles. The van der Waals surface area contributed by atoms with Crippen LogP contribution >= 0.6 is 19.8 Å². The van der Waals surface area contributed by atoms with Gasteiger partial charge in [-0.15, -0.1) is 0 Å². The Labute approximate surface area is 269 Å². The zero-order valence-electron chi connectivity index (χ0n) is 30.0. The molecule has 2 fully saturated rings. The monoisotopic (exact) mass is 687 g/mol. The Kier molecular flexibility index (Phi) is 23.8. The van der Waals surface area contributed by atoms with Gasteiger partial charge in [-0.25, -0.2) is 0 Å². The summed E-state index contributed by atoms with van der Waals surface area (Å²) in [5.74, 6) is 5.79. The molecule has 3 rings (SSSR count). The van der Waals surface area contributed by atoms with Crippen molar-refractivity contribution in [3.8, 4) is 0 Å². The summed E-state index contributed by atoms with van der Waals surface area (Å²) >= 11 is -0.694. The number of fused-ring (bicyclic) bond motifs is 1. The van der Waals surface area contributed by atoms with Gasteiger partial charge in [0.15, 0.2) is 0 Å². The van der Waals surface area contributed by atoms with E-state index in [1.54, 1.807) is 30.1 Å². The molecule has 41 heavy (non-hydrogen) atoms. The van der Waals surface area contributed by atoms with Crippen molar-refractivity contribution in [2.45, 2.75) is 199 Å². The summed E-state index contributed by atoms with van der Waals surface area (Å²) in [4.78, 5) is 0. The fourth-order valence-electron chi connectivity index (χ4n) is 7.81. The number of halogens is 1. The Morgan fingerprint density at radius 1 is 0.756 bits per heavy atom. The molecule has 2 aliphatic carbocycles. The Balaban J connectivity index is 0.00000157. The van der Waals surface area contributed by atoms with Crippen LogP contribution in [-0.4, -0.2) is 12.3 Å². The van der Waals surface area contributed by atoms with Gasteiger partial charge in [0.05, 0.1) is 0 Å². The SMILES string of the molecule is CC.CCC.CCC1C2CCC(C)CCCCCC2I1CCCCCC(C)CCC1C=CCCCC1CCC(C)C. The molecule has 1 saturated carbocycles. The number of allylic oxidation sites excluding steroid dienone is 2. The minimum Gasteiger partial charge on any atom is -0.0628 e. The third kappa shape index (κ3) is 15.9. The first-order valence-electron chi connectivity index (χ1n) is 19.2. The molecule has 246 valence electrons. The standard InChI is InChI=1S/C35H65I.C3H8.C2H6/c1-6-34-33-26-23-30(5)16-10-7-14-20-35(33)36(34)27-15-9-11-17-29(4)22-25-32-19-13-8-12-18-31(32)24-21-28(2)3;1-3-2;1-2/h13,19,28-35H,6-12,14-18,20-27H2,1-5H3;3H2,1-2H3;1-2H3. The second kappa shape index (κ2) is 24.8. The van der Waals surface area contributed by atoms with Gasteiger partial charge in [0.25, 0.3) is 0 Å². The average molecular weight is 687 g/mol. The maximum atomic E-state index is 2.63. The zero-order chi connectivity index (χ0) is 30.5. The summed E-state index contributed by atoms with van der Waals surface area (Å²) in [7, 11) is 0. The van der Waals surface area contributed by atoms with Gasteiger partial charge < -0.3 is 0 Å². The Bertz CT molecular complexity index is 608. The van der Waals surface area contributed by atoms with E-state index in [1.165, 1.54) is 111 Å². The summed E-state index contributed by atoms with van der Waals surface area (Å²) in [6.45, 7) is 20.7. The molecule has 0 N–H and O–H groups in total. The summed E-state index contributed by atoms with van der Waals surface area (Å²) < 4.78 is 4.18. The molecule has 7 atom stereocenters. The van der Waals surface area contributed by atoms with Crippen LogP contribution in [0.5, 0.6) is 0 Å². The second-order valence-corrected chi connectivity index (χ2v) is 21.3. The molecule has 0 aromatic heterocycles. The van der Waals surface area contributed by atoms with E-state index in [4.69, 9.17) is 0 Å². The minimum atomic E-state index is -0.694. The zero-order valence-corrected chi connectivity index (χ0v) is 32.2. The van der Waals surface area contributed by atoms with Gasteiger partial charge >= 0.3 is 217 Å². The summed E-state index contributed by atoms with van der Waals surface area (Å²) in [5, 5.41) is 0. The van der Waals surface area contributed by atoms with Gasteiger partial charge in [-0.2, -0.15) is 0 Å². The van der Waals surface area contributed by atoms with E-state index in [1.807, 2.05) is 13.8 Å². The van der Waals surface area contributed by atoms with Crippen molar-refractivity contribution in [3.05, 3.63) is 12.2 Å². The predicted molar refractivity (Wildman–Crippen MR) is 200 cm³/mol. The van der Waals surface area contributed by atoms with Gasteiger partial charge in [0, 0.05) is 0 Å². The number of alkyl halides is 3. The Hall–Kier alpha value is 0.470. The minimum absolute atomic E-state index is 0.694. The van der Waals surface area contributed by atoms with E-state index in [0.717, 1.165) is 35.5 Å². The van der Waals surface area contributed by atoms with Crippen LogP contribution < -0.4 is 0 Å². The molecule has 0 spiro atoms. The summed E-state index contributed by atoms with van der Waals surface area (Å²) in [5.41, 5.74) is 0. The first-order chi connectivity index (χ1) is 19.9. The topological polar surface area (TPSA) is 0 Å². The van der Waals surface area contributed by atoms with Crippen LogP contribution in [0.15, 0.2) is 12.2 Å². The van der Waals surface area contributed by atoms with Crippen molar-refractivity contribution in [1.82, 2.24) is 0 Å². The van der Waals surface area contributed by atoms with Crippen LogP contribution in [0.4, 0.5) is 0 Å². The van der Waals surface area contributed by atoms with Crippen molar-refractivity contribution in [2.24, 2.45) is 35.5 Å². The van der Waals surface area contributed by atoms with Crippen LogP contribution in [0, 0.1) is 35.5 Å². The molecule has 0 amide bonds. The van der Waals surface area contributed by atoms with Crippen LogP contribution in [0.1, 0.15) is 191 Å². The molecule has 0 nitrogen and oxygen atoms in total. The van der Waals surface area contributed by atoms with Crippen LogP contribution in [0.2, 0.25) is 0 Å². The van der Waals surface area contributed by atoms with Gasteiger partial charge in [-0.1, -0.05) is 48.0 Å². The molecular formula is C40H79I. The maximum absolute atomic E-state index is 2.63. The molecule has 0 aromatic carbocycles. The predicted octanol–water partition coefficient (Wildman–Crippen LogP) is 14.5. The molecule has 3 aliphatic rings. The molecule has 0 radical (unpaired) electrons. The molecule has 1 saturated heterocycles. The van der Waals surface area contributed by atoms with Crippen LogP contribution in [-0.2, 0) is 0 Å². The normalized spacial score (nSPS) is 30.0. The third-order valence-electron chi connectivity index (χ3n) is 10.3. The smallest absolute Gasteiger partial charge is 0.0628 e. The van der Waals surface area contributed by atoms with E-state index in [2.05, 4.69) is 60.6 Å². The van der Waals surface area contributed by atoms with E-state index < -0.39 is 19.8 Å². The van der Waals surface area contributed by atoms with Crippen molar-refractivity contribution >= 4 is 19.8 Å². The van der Waals surface area contributed by atoms with Crippen molar-refractivity contribution in [2.75, 3.05) is 4.43 Å².